The maximum atomic E-state index is 12.3. The number of hydrogen-bond acceptors (Lipinski definition) is 6. The number of nitrogens with zero attached hydrogens (tertiary/aromatic N) is 2. The van der Waals surface area contributed by atoms with Gasteiger partial charge in [-0.3, -0.25) is 5.01 Å². The number of ether oxygens (including phenoxy) is 3. The molecule has 7 nitrogen and oxygen atoms in total. The number of rotatable bonds is 7. The highest BCUT2D eigenvalue weighted by molar-refractivity contribution is 6.04. The molecule has 0 radical (unpaired) electrons. The van der Waals surface area contributed by atoms with Crippen LogP contribution in [0.4, 0.5) is 5.69 Å². The fourth-order valence-electron chi connectivity index (χ4n) is 3.97. The maximum Gasteiger partial charge on any atom is 0.339 e. The third kappa shape index (κ3) is 3.85. The highest BCUT2D eigenvalue weighted by Gasteiger charge is 2.35. The zero-order valence-corrected chi connectivity index (χ0v) is 18.1. The van der Waals surface area contributed by atoms with Crippen molar-refractivity contribution < 1.29 is 24.1 Å². The number of carboxylic acids is 1. The van der Waals surface area contributed by atoms with E-state index < -0.39 is 5.97 Å². The molecule has 1 heterocycles. The van der Waals surface area contributed by atoms with Crippen LogP contribution >= 0.6 is 0 Å². The van der Waals surface area contributed by atoms with Crippen molar-refractivity contribution in [3.63, 3.8) is 0 Å². The molecule has 32 heavy (non-hydrogen) atoms. The third-order valence-electron chi connectivity index (χ3n) is 5.51. The van der Waals surface area contributed by atoms with Gasteiger partial charge in [0.05, 0.1) is 38.8 Å². The van der Waals surface area contributed by atoms with Gasteiger partial charge in [0, 0.05) is 6.42 Å². The molecule has 0 fully saturated rings. The standard InChI is InChI=1S/C25H24N2O5/c1-30-18-11-9-16(10-12-18)20-15-21(27(26-20)17-7-5-4-6-8-17)19-13-14-22(31-2)24(32-3)23(19)25(28)29/h4-14,21H,15H2,1-3H3,(H,28,29)/t21-/m0/s1. The molecule has 3 aromatic carbocycles. The molecule has 0 unspecified atom stereocenters. The first-order valence-electron chi connectivity index (χ1n) is 10.1. The topological polar surface area (TPSA) is 80.6 Å². The van der Waals surface area contributed by atoms with Crippen LogP contribution in [0, 0.1) is 0 Å². The molecule has 1 aliphatic rings. The Balaban J connectivity index is 1.83. The first-order chi connectivity index (χ1) is 15.6. The summed E-state index contributed by atoms with van der Waals surface area (Å²) >= 11 is 0. The number of aromatic carboxylic acids is 1. The van der Waals surface area contributed by atoms with E-state index in [2.05, 4.69) is 0 Å². The Morgan fingerprint density at radius 1 is 0.938 bits per heavy atom. The lowest BCUT2D eigenvalue weighted by molar-refractivity contribution is 0.0690. The van der Waals surface area contributed by atoms with E-state index in [1.54, 1.807) is 19.2 Å². The zero-order chi connectivity index (χ0) is 22.7. The third-order valence-corrected chi connectivity index (χ3v) is 5.51. The lowest BCUT2D eigenvalue weighted by Crippen LogP contribution is -2.21. The molecule has 4 rings (SSSR count). The second kappa shape index (κ2) is 9.01. The molecule has 0 amide bonds. The molecule has 1 atom stereocenters. The average Bonchev–Trinajstić information content (AvgIpc) is 3.28. The Labute approximate surface area is 186 Å². The summed E-state index contributed by atoms with van der Waals surface area (Å²) < 4.78 is 16.0. The van der Waals surface area contributed by atoms with Gasteiger partial charge in [0.25, 0.3) is 0 Å². The highest BCUT2D eigenvalue weighted by atomic mass is 16.5. The molecule has 1 N–H and O–H groups in total. The second-order valence-corrected chi connectivity index (χ2v) is 7.25. The molecule has 0 saturated carbocycles. The summed E-state index contributed by atoms with van der Waals surface area (Å²) in [5.74, 6) is 0.246. The van der Waals surface area contributed by atoms with Crippen LogP contribution in [-0.4, -0.2) is 38.1 Å². The maximum absolute atomic E-state index is 12.3. The summed E-state index contributed by atoms with van der Waals surface area (Å²) in [5, 5.41) is 16.8. The van der Waals surface area contributed by atoms with E-state index in [9.17, 15) is 9.90 Å². The summed E-state index contributed by atoms with van der Waals surface area (Å²) in [4.78, 5) is 12.3. The number of hydrogen-bond donors (Lipinski definition) is 1. The smallest absolute Gasteiger partial charge is 0.339 e. The molecule has 0 aromatic heterocycles. The molecule has 3 aromatic rings. The fraction of sp³-hybridized carbons (Fsp3) is 0.200. The predicted molar refractivity (Wildman–Crippen MR) is 122 cm³/mol. The van der Waals surface area contributed by atoms with Crippen LogP contribution < -0.4 is 19.2 Å². The Bertz CT molecular complexity index is 1140. The van der Waals surface area contributed by atoms with Crippen molar-refractivity contribution in [3.8, 4) is 17.2 Å². The van der Waals surface area contributed by atoms with Crippen molar-refractivity contribution in [2.24, 2.45) is 5.10 Å². The van der Waals surface area contributed by atoms with Crippen LogP contribution in [0.2, 0.25) is 0 Å². The van der Waals surface area contributed by atoms with Gasteiger partial charge in [-0.1, -0.05) is 24.3 Å². The lowest BCUT2D eigenvalue weighted by atomic mass is 9.93. The van der Waals surface area contributed by atoms with Gasteiger partial charge >= 0.3 is 5.97 Å². The molecule has 0 spiro atoms. The molecule has 0 saturated heterocycles. The quantitative estimate of drug-likeness (QED) is 0.580. The second-order valence-electron chi connectivity index (χ2n) is 7.25. The molecule has 7 heteroatoms. The van der Waals surface area contributed by atoms with Crippen molar-refractivity contribution in [1.29, 1.82) is 0 Å². The average molecular weight is 432 g/mol. The minimum Gasteiger partial charge on any atom is -0.497 e. The van der Waals surface area contributed by atoms with E-state index in [4.69, 9.17) is 19.3 Å². The minimum atomic E-state index is -1.08. The molecular weight excluding hydrogens is 408 g/mol. The number of carboxylic acid groups (broad SMARTS) is 1. The molecule has 0 aliphatic carbocycles. The summed E-state index contributed by atoms with van der Waals surface area (Å²) in [6.07, 6.45) is 0.525. The van der Waals surface area contributed by atoms with Gasteiger partial charge in [-0.15, -0.1) is 0 Å². The van der Waals surface area contributed by atoms with Gasteiger partial charge in [0.15, 0.2) is 11.5 Å². The van der Waals surface area contributed by atoms with Gasteiger partial charge in [-0.25, -0.2) is 4.79 Å². The van der Waals surface area contributed by atoms with Gasteiger partial charge in [-0.05, 0) is 53.6 Å². The number of carbonyl (C=O) groups is 1. The Hall–Kier alpha value is -4.00. The monoisotopic (exact) mass is 432 g/mol. The summed E-state index contributed by atoms with van der Waals surface area (Å²) in [5.41, 5.74) is 3.35. The van der Waals surface area contributed by atoms with Crippen molar-refractivity contribution in [3.05, 3.63) is 83.4 Å². The van der Waals surface area contributed by atoms with Gasteiger partial charge in [0.1, 0.15) is 11.3 Å². The van der Waals surface area contributed by atoms with Gasteiger partial charge < -0.3 is 19.3 Å². The van der Waals surface area contributed by atoms with E-state index in [-0.39, 0.29) is 17.4 Å². The van der Waals surface area contributed by atoms with E-state index in [0.717, 1.165) is 22.7 Å². The van der Waals surface area contributed by atoms with Crippen molar-refractivity contribution in [1.82, 2.24) is 0 Å². The van der Waals surface area contributed by atoms with Crippen LogP contribution in [0.25, 0.3) is 0 Å². The number of methoxy groups -OCH3 is 3. The summed E-state index contributed by atoms with van der Waals surface area (Å²) in [7, 11) is 4.55. The van der Waals surface area contributed by atoms with Crippen molar-refractivity contribution in [2.45, 2.75) is 12.5 Å². The van der Waals surface area contributed by atoms with E-state index >= 15 is 0 Å². The van der Waals surface area contributed by atoms with Gasteiger partial charge in [-0.2, -0.15) is 5.10 Å². The summed E-state index contributed by atoms with van der Waals surface area (Å²) in [6.45, 7) is 0. The number of para-hydroxylation sites is 1. The first kappa shape index (κ1) is 21.2. The van der Waals surface area contributed by atoms with Crippen LogP contribution in [0.3, 0.4) is 0 Å². The van der Waals surface area contributed by atoms with Gasteiger partial charge in [0.2, 0.25) is 0 Å². The fourth-order valence-corrected chi connectivity index (χ4v) is 3.97. The van der Waals surface area contributed by atoms with E-state index in [1.165, 1.54) is 14.2 Å². The van der Waals surface area contributed by atoms with E-state index in [1.807, 2.05) is 59.6 Å². The van der Waals surface area contributed by atoms with Crippen LogP contribution in [0.5, 0.6) is 17.2 Å². The SMILES string of the molecule is COc1ccc(C2=NN(c3ccccc3)[C@H](c3ccc(OC)c(OC)c3C(=O)O)C2)cc1. The molecule has 1 aliphatic heterocycles. The van der Waals surface area contributed by atoms with Crippen LogP contribution in [-0.2, 0) is 0 Å². The Morgan fingerprint density at radius 3 is 2.25 bits per heavy atom. The van der Waals surface area contributed by atoms with Crippen molar-refractivity contribution in [2.75, 3.05) is 26.3 Å². The predicted octanol–water partition coefficient (Wildman–Crippen LogP) is 4.77. The lowest BCUT2D eigenvalue weighted by Gasteiger charge is -2.26. The first-order valence-corrected chi connectivity index (χ1v) is 10.1. The van der Waals surface area contributed by atoms with Crippen molar-refractivity contribution >= 4 is 17.4 Å². The number of benzene rings is 3. The highest BCUT2D eigenvalue weighted by Crippen LogP contribution is 2.43. The normalized spacial score (nSPS) is 15.3. The summed E-state index contributed by atoms with van der Waals surface area (Å²) in [6, 6.07) is 20.6. The Kier molecular flexibility index (Phi) is 5.98. The molecule has 164 valence electrons. The van der Waals surface area contributed by atoms with Crippen LogP contribution in [0.15, 0.2) is 71.8 Å². The zero-order valence-electron chi connectivity index (χ0n) is 18.1. The Morgan fingerprint density at radius 2 is 1.66 bits per heavy atom. The minimum absolute atomic E-state index is 0.0731. The van der Waals surface area contributed by atoms with Crippen LogP contribution in [0.1, 0.15) is 33.9 Å². The van der Waals surface area contributed by atoms with E-state index in [0.29, 0.717) is 17.7 Å². The number of anilines is 1. The largest absolute Gasteiger partial charge is 0.497 e. The molecule has 0 bridgehead atoms. The molecular formula is C25H24N2O5. The number of hydrazone groups is 1.